The second-order valence-corrected chi connectivity index (χ2v) is 8.19. The third kappa shape index (κ3) is 4.29. The van der Waals surface area contributed by atoms with Crippen LogP contribution in [0.5, 0.6) is 0 Å². The number of nitrogens with zero attached hydrogens (tertiary/aromatic N) is 1. The molecule has 1 aliphatic rings. The molecule has 2 heterocycles. The summed E-state index contributed by atoms with van der Waals surface area (Å²) in [5, 5.41) is 0. The zero-order valence-electron chi connectivity index (χ0n) is 14.1. The number of sulfonamides is 1. The molecule has 0 bridgehead atoms. The van der Waals surface area contributed by atoms with Crippen LogP contribution in [0.25, 0.3) is 0 Å². The van der Waals surface area contributed by atoms with Gasteiger partial charge in [0.05, 0.1) is 17.7 Å². The lowest BCUT2D eigenvalue weighted by Gasteiger charge is -2.31. The molecule has 7 heteroatoms. The lowest BCUT2D eigenvalue weighted by molar-refractivity contribution is 0.0683. The summed E-state index contributed by atoms with van der Waals surface area (Å²) in [6, 6.07) is 9.47. The summed E-state index contributed by atoms with van der Waals surface area (Å²) in [4.78, 5) is 14.5. The number of nitrogens with one attached hydrogen (secondary N) is 1. The highest BCUT2D eigenvalue weighted by Gasteiger charge is 2.22. The fourth-order valence-electron chi connectivity index (χ4n) is 3.00. The Kier molecular flexibility index (Phi) is 5.24. The third-order valence-electron chi connectivity index (χ3n) is 4.37. The fraction of sp³-hybridized carbons (Fsp3) is 0.389. The first-order valence-corrected chi connectivity index (χ1v) is 9.85. The molecule has 1 aromatic heterocycles. The van der Waals surface area contributed by atoms with E-state index in [1.807, 2.05) is 4.90 Å². The molecule has 0 radical (unpaired) electrons. The van der Waals surface area contributed by atoms with E-state index in [-0.39, 0.29) is 17.3 Å². The molecule has 1 unspecified atom stereocenters. The van der Waals surface area contributed by atoms with Crippen LogP contribution in [-0.2, 0) is 16.6 Å². The van der Waals surface area contributed by atoms with Gasteiger partial charge in [-0.2, -0.15) is 0 Å². The largest absolute Gasteiger partial charge is 0.468 e. The van der Waals surface area contributed by atoms with Gasteiger partial charge in [-0.3, -0.25) is 4.79 Å². The molecule has 0 aliphatic carbocycles. The van der Waals surface area contributed by atoms with Crippen molar-refractivity contribution in [2.45, 2.75) is 31.2 Å². The van der Waals surface area contributed by atoms with E-state index in [1.54, 1.807) is 24.3 Å². The average molecular weight is 362 g/mol. The summed E-state index contributed by atoms with van der Waals surface area (Å²) in [5.41, 5.74) is 0.513. The normalized spacial score (nSPS) is 18.3. The number of benzene rings is 1. The third-order valence-corrected chi connectivity index (χ3v) is 5.79. The monoisotopic (exact) mass is 362 g/mol. The first-order chi connectivity index (χ1) is 12.0. The molecule has 2 aromatic rings. The van der Waals surface area contributed by atoms with Crippen LogP contribution >= 0.6 is 0 Å². The highest BCUT2D eigenvalue weighted by atomic mass is 32.2. The maximum absolute atomic E-state index is 12.5. The van der Waals surface area contributed by atoms with Gasteiger partial charge in [-0.1, -0.05) is 6.92 Å². The fourth-order valence-corrected chi connectivity index (χ4v) is 3.99. The maximum Gasteiger partial charge on any atom is 0.253 e. The Morgan fingerprint density at radius 3 is 2.68 bits per heavy atom. The highest BCUT2D eigenvalue weighted by molar-refractivity contribution is 7.89. The molecule has 1 fully saturated rings. The minimum atomic E-state index is -3.65. The van der Waals surface area contributed by atoms with E-state index in [2.05, 4.69) is 11.6 Å². The van der Waals surface area contributed by atoms with Crippen molar-refractivity contribution < 1.29 is 17.6 Å². The summed E-state index contributed by atoms with van der Waals surface area (Å²) >= 11 is 0. The van der Waals surface area contributed by atoms with Crippen LogP contribution in [0.15, 0.2) is 52.0 Å². The zero-order valence-corrected chi connectivity index (χ0v) is 15.0. The van der Waals surface area contributed by atoms with Crippen molar-refractivity contribution in [3.05, 3.63) is 54.0 Å². The van der Waals surface area contributed by atoms with Crippen molar-refractivity contribution in [1.29, 1.82) is 0 Å². The average Bonchev–Trinajstić information content (AvgIpc) is 3.13. The number of carbonyl (C=O) groups is 1. The number of carbonyl (C=O) groups excluding carboxylic acids is 1. The Morgan fingerprint density at radius 2 is 2.04 bits per heavy atom. The van der Waals surface area contributed by atoms with Crippen LogP contribution < -0.4 is 4.72 Å². The Bertz CT molecular complexity index is 813. The first-order valence-electron chi connectivity index (χ1n) is 8.37. The van der Waals surface area contributed by atoms with Crippen molar-refractivity contribution in [3.63, 3.8) is 0 Å². The molecule has 6 nitrogen and oxygen atoms in total. The predicted molar refractivity (Wildman–Crippen MR) is 93.5 cm³/mol. The second kappa shape index (κ2) is 7.41. The quantitative estimate of drug-likeness (QED) is 0.887. The zero-order chi connectivity index (χ0) is 17.9. The molecular formula is C18H22N2O4S. The number of amides is 1. The van der Waals surface area contributed by atoms with Gasteiger partial charge in [0.25, 0.3) is 5.91 Å². The van der Waals surface area contributed by atoms with E-state index in [9.17, 15) is 13.2 Å². The first kappa shape index (κ1) is 17.7. The van der Waals surface area contributed by atoms with Crippen LogP contribution in [0.2, 0.25) is 0 Å². The molecule has 134 valence electrons. The Hall–Kier alpha value is -2.12. The molecule has 0 spiro atoms. The number of piperidine rings is 1. The Labute approximate surface area is 147 Å². The number of hydrogen-bond acceptors (Lipinski definition) is 4. The van der Waals surface area contributed by atoms with Gasteiger partial charge in [-0.15, -0.1) is 0 Å². The smallest absolute Gasteiger partial charge is 0.253 e. The number of furan rings is 1. The highest BCUT2D eigenvalue weighted by Crippen LogP contribution is 2.19. The van der Waals surface area contributed by atoms with Crippen molar-refractivity contribution >= 4 is 15.9 Å². The molecule has 1 atom stereocenters. The van der Waals surface area contributed by atoms with Gasteiger partial charge in [0.2, 0.25) is 10.0 Å². The standard InChI is InChI=1S/C18H22N2O4S/c1-14-4-2-10-20(13-14)18(21)15-6-8-17(9-7-15)25(22,23)19-12-16-5-3-11-24-16/h3,5-9,11,14,19H,2,4,10,12-13H2,1H3. The van der Waals surface area contributed by atoms with Gasteiger partial charge in [0, 0.05) is 18.7 Å². The van der Waals surface area contributed by atoms with E-state index in [0.717, 1.165) is 25.9 Å². The maximum atomic E-state index is 12.5. The van der Waals surface area contributed by atoms with E-state index >= 15 is 0 Å². The van der Waals surface area contributed by atoms with Crippen molar-refractivity contribution in [2.75, 3.05) is 13.1 Å². The molecule has 1 aliphatic heterocycles. The van der Waals surface area contributed by atoms with Gasteiger partial charge in [0.1, 0.15) is 5.76 Å². The van der Waals surface area contributed by atoms with E-state index < -0.39 is 10.0 Å². The van der Waals surface area contributed by atoms with Gasteiger partial charge in [0.15, 0.2) is 0 Å². The summed E-state index contributed by atoms with van der Waals surface area (Å²) in [6.07, 6.45) is 3.64. The minimum Gasteiger partial charge on any atom is -0.468 e. The number of likely N-dealkylation sites (tertiary alicyclic amines) is 1. The molecule has 1 saturated heterocycles. The van der Waals surface area contributed by atoms with Gasteiger partial charge < -0.3 is 9.32 Å². The minimum absolute atomic E-state index is 0.0426. The lowest BCUT2D eigenvalue weighted by atomic mass is 9.99. The van der Waals surface area contributed by atoms with Gasteiger partial charge in [-0.05, 0) is 55.2 Å². The lowest BCUT2D eigenvalue weighted by Crippen LogP contribution is -2.39. The van der Waals surface area contributed by atoms with E-state index in [4.69, 9.17) is 4.42 Å². The van der Waals surface area contributed by atoms with Crippen LogP contribution in [-0.4, -0.2) is 32.3 Å². The van der Waals surface area contributed by atoms with Crippen molar-refractivity contribution in [2.24, 2.45) is 5.92 Å². The van der Waals surface area contributed by atoms with Crippen molar-refractivity contribution in [1.82, 2.24) is 9.62 Å². The van der Waals surface area contributed by atoms with E-state index in [1.165, 1.54) is 18.4 Å². The summed E-state index contributed by atoms with van der Waals surface area (Å²) in [7, 11) is -3.65. The SMILES string of the molecule is CC1CCCN(C(=O)c2ccc(S(=O)(=O)NCc3ccco3)cc2)C1. The Morgan fingerprint density at radius 1 is 1.28 bits per heavy atom. The van der Waals surface area contributed by atoms with Crippen LogP contribution in [0.1, 0.15) is 35.9 Å². The molecule has 0 saturated carbocycles. The molecular weight excluding hydrogens is 340 g/mol. The molecule has 1 amide bonds. The second-order valence-electron chi connectivity index (χ2n) is 6.43. The van der Waals surface area contributed by atoms with E-state index in [0.29, 0.717) is 17.2 Å². The molecule has 1 N–H and O–H groups in total. The summed E-state index contributed by atoms with van der Waals surface area (Å²) in [6.45, 7) is 3.74. The predicted octanol–water partition coefficient (Wildman–Crippen LogP) is 2.63. The van der Waals surface area contributed by atoms with Gasteiger partial charge >= 0.3 is 0 Å². The van der Waals surface area contributed by atoms with Gasteiger partial charge in [-0.25, -0.2) is 13.1 Å². The van der Waals surface area contributed by atoms with Crippen molar-refractivity contribution in [3.8, 4) is 0 Å². The number of hydrogen-bond donors (Lipinski definition) is 1. The van der Waals surface area contributed by atoms with Crippen LogP contribution in [0.3, 0.4) is 0 Å². The molecule has 3 rings (SSSR count). The summed E-state index contributed by atoms with van der Waals surface area (Å²) in [5.74, 6) is 0.997. The van der Waals surface area contributed by atoms with Crippen LogP contribution in [0, 0.1) is 5.92 Å². The molecule has 1 aromatic carbocycles. The Balaban J connectivity index is 1.67. The molecule has 25 heavy (non-hydrogen) atoms. The summed E-state index contributed by atoms with van der Waals surface area (Å²) < 4.78 is 32.2. The number of rotatable bonds is 5. The van der Waals surface area contributed by atoms with Crippen LogP contribution in [0.4, 0.5) is 0 Å². The topological polar surface area (TPSA) is 79.6 Å².